The molecule has 0 aliphatic heterocycles. The number of nitrogens with zero attached hydrogens (tertiary/aromatic N) is 4. The second kappa shape index (κ2) is 5.62. The second-order valence-corrected chi connectivity index (χ2v) is 4.87. The fourth-order valence-electron chi connectivity index (χ4n) is 1.98. The van der Waals surface area contributed by atoms with Crippen molar-refractivity contribution in [2.24, 2.45) is 0 Å². The zero-order valence-electron chi connectivity index (χ0n) is 10.7. The molecule has 18 heavy (non-hydrogen) atoms. The number of aromatic nitrogens is 5. The summed E-state index contributed by atoms with van der Waals surface area (Å²) in [5, 5.41) is 14.5. The lowest BCUT2D eigenvalue weighted by molar-refractivity contribution is 0.520. The molecule has 0 saturated heterocycles. The number of nitrogens with one attached hydrogen (secondary N) is 2. The highest BCUT2D eigenvalue weighted by molar-refractivity contribution is 9.10. The molecule has 7 heteroatoms. The molecule has 0 radical (unpaired) electrons. The topological polar surface area (TPSA) is 71.4 Å². The number of rotatable bonds is 5. The summed E-state index contributed by atoms with van der Waals surface area (Å²) in [7, 11) is 1.92. The van der Waals surface area contributed by atoms with E-state index in [4.69, 9.17) is 0 Å². The molecule has 2 aromatic heterocycles. The van der Waals surface area contributed by atoms with Gasteiger partial charge < -0.3 is 5.32 Å². The molecule has 1 atom stereocenters. The standard InChI is InChI=1S/C11H17BrN6/c1-4-18-9(10(12)7(2)17-18)5-8(13-3)11-14-6-15-16-11/h6,8,13H,4-5H2,1-3H3,(H,14,15,16). The van der Waals surface area contributed by atoms with E-state index in [1.165, 1.54) is 12.0 Å². The monoisotopic (exact) mass is 312 g/mol. The van der Waals surface area contributed by atoms with E-state index in [-0.39, 0.29) is 6.04 Å². The van der Waals surface area contributed by atoms with Crippen LogP contribution >= 0.6 is 15.9 Å². The lowest BCUT2D eigenvalue weighted by Gasteiger charge is -2.14. The van der Waals surface area contributed by atoms with E-state index >= 15 is 0 Å². The van der Waals surface area contributed by atoms with Crippen molar-refractivity contribution in [3.63, 3.8) is 0 Å². The van der Waals surface area contributed by atoms with Gasteiger partial charge in [0.2, 0.25) is 0 Å². The number of H-pyrrole nitrogens is 1. The van der Waals surface area contributed by atoms with Gasteiger partial charge in [0.05, 0.1) is 21.9 Å². The first-order valence-corrected chi connectivity index (χ1v) is 6.71. The van der Waals surface area contributed by atoms with Gasteiger partial charge in [-0.1, -0.05) is 0 Å². The molecule has 2 aromatic rings. The van der Waals surface area contributed by atoms with Crippen LogP contribution in [0.3, 0.4) is 0 Å². The van der Waals surface area contributed by atoms with Crippen molar-refractivity contribution in [2.45, 2.75) is 32.9 Å². The Morgan fingerprint density at radius 1 is 1.56 bits per heavy atom. The molecule has 0 aliphatic carbocycles. The Balaban J connectivity index is 2.27. The number of hydrogen-bond acceptors (Lipinski definition) is 4. The van der Waals surface area contributed by atoms with Crippen molar-refractivity contribution in [1.29, 1.82) is 0 Å². The van der Waals surface area contributed by atoms with Crippen molar-refractivity contribution >= 4 is 15.9 Å². The van der Waals surface area contributed by atoms with Crippen LogP contribution in [0.1, 0.15) is 30.2 Å². The van der Waals surface area contributed by atoms with E-state index in [0.29, 0.717) is 0 Å². The molecule has 2 heterocycles. The average molecular weight is 313 g/mol. The predicted octanol–water partition coefficient (Wildman–Crippen LogP) is 1.60. The number of aromatic amines is 1. The van der Waals surface area contributed by atoms with E-state index in [9.17, 15) is 0 Å². The van der Waals surface area contributed by atoms with Crippen LogP contribution in [0.2, 0.25) is 0 Å². The normalized spacial score (nSPS) is 12.9. The SMILES string of the molecule is CCn1nc(C)c(Br)c1CC(NC)c1ncn[nH]1. The summed E-state index contributed by atoms with van der Waals surface area (Å²) in [6.45, 7) is 4.95. The van der Waals surface area contributed by atoms with Crippen LogP contribution in [0.15, 0.2) is 10.8 Å². The molecule has 2 rings (SSSR count). The molecular weight excluding hydrogens is 296 g/mol. The van der Waals surface area contributed by atoms with E-state index in [2.05, 4.69) is 48.5 Å². The summed E-state index contributed by atoms with van der Waals surface area (Å²) in [5.74, 6) is 0.839. The zero-order chi connectivity index (χ0) is 13.1. The van der Waals surface area contributed by atoms with Crippen LogP contribution in [-0.4, -0.2) is 32.0 Å². The van der Waals surface area contributed by atoms with Crippen molar-refractivity contribution in [3.8, 4) is 0 Å². The maximum absolute atomic E-state index is 4.49. The first kappa shape index (κ1) is 13.2. The highest BCUT2D eigenvalue weighted by Crippen LogP contribution is 2.25. The lowest BCUT2D eigenvalue weighted by atomic mass is 10.1. The Morgan fingerprint density at radius 3 is 2.89 bits per heavy atom. The molecular formula is C11H17BrN6. The molecule has 6 nitrogen and oxygen atoms in total. The molecule has 0 fully saturated rings. The van der Waals surface area contributed by atoms with E-state index in [1.54, 1.807) is 0 Å². The van der Waals surface area contributed by atoms with E-state index in [1.807, 2.05) is 18.7 Å². The van der Waals surface area contributed by atoms with Gasteiger partial charge in [-0.05, 0) is 36.8 Å². The van der Waals surface area contributed by atoms with Crippen LogP contribution < -0.4 is 5.32 Å². The molecule has 1 unspecified atom stereocenters. The van der Waals surface area contributed by atoms with Gasteiger partial charge in [-0.2, -0.15) is 10.2 Å². The van der Waals surface area contributed by atoms with Gasteiger partial charge in [-0.15, -0.1) is 0 Å². The molecule has 0 aliphatic rings. The van der Waals surface area contributed by atoms with Gasteiger partial charge in [0.15, 0.2) is 0 Å². The molecule has 2 N–H and O–H groups in total. The first-order chi connectivity index (χ1) is 8.67. The third kappa shape index (κ3) is 2.46. The quantitative estimate of drug-likeness (QED) is 0.879. The fourth-order valence-corrected chi connectivity index (χ4v) is 2.42. The van der Waals surface area contributed by atoms with Crippen LogP contribution in [0, 0.1) is 6.92 Å². The highest BCUT2D eigenvalue weighted by atomic mass is 79.9. The minimum absolute atomic E-state index is 0.102. The van der Waals surface area contributed by atoms with Crippen LogP contribution in [0.25, 0.3) is 0 Å². The van der Waals surface area contributed by atoms with Crippen molar-refractivity contribution < 1.29 is 0 Å². The van der Waals surface area contributed by atoms with E-state index < -0.39 is 0 Å². The summed E-state index contributed by atoms with van der Waals surface area (Å²) in [4.78, 5) is 4.20. The molecule has 0 bridgehead atoms. The lowest BCUT2D eigenvalue weighted by Crippen LogP contribution is -2.22. The van der Waals surface area contributed by atoms with Gasteiger partial charge in [0.1, 0.15) is 12.2 Å². The third-order valence-electron chi connectivity index (χ3n) is 2.96. The Morgan fingerprint density at radius 2 is 2.33 bits per heavy atom. The Bertz CT molecular complexity index is 504. The van der Waals surface area contributed by atoms with Crippen LogP contribution in [0.4, 0.5) is 0 Å². The van der Waals surface area contributed by atoms with Crippen molar-refractivity contribution in [3.05, 3.63) is 28.0 Å². The van der Waals surface area contributed by atoms with Crippen molar-refractivity contribution in [2.75, 3.05) is 7.05 Å². The number of likely N-dealkylation sites (N-methyl/N-ethyl adjacent to an activating group) is 1. The predicted molar refractivity (Wildman–Crippen MR) is 72.2 cm³/mol. The highest BCUT2D eigenvalue weighted by Gasteiger charge is 2.19. The fraction of sp³-hybridized carbons (Fsp3) is 0.545. The summed E-state index contributed by atoms with van der Waals surface area (Å²) < 4.78 is 3.09. The summed E-state index contributed by atoms with van der Waals surface area (Å²) in [5.41, 5.74) is 2.19. The number of halogens is 1. The summed E-state index contributed by atoms with van der Waals surface area (Å²) in [6, 6.07) is 0.102. The smallest absolute Gasteiger partial charge is 0.141 e. The number of hydrogen-bond donors (Lipinski definition) is 2. The Labute approximate surface area is 114 Å². The maximum Gasteiger partial charge on any atom is 0.141 e. The Hall–Kier alpha value is -1.21. The van der Waals surface area contributed by atoms with Gasteiger partial charge >= 0.3 is 0 Å². The van der Waals surface area contributed by atoms with Gasteiger partial charge in [0, 0.05) is 13.0 Å². The first-order valence-electron chi connectivity index (χ1n) is 5.91. The van der Waals surface area contributed by atoms with Gasteiger partial charge in [0.25, 0.3) is 0 Å². The molecule has 0 spiro atoms. The molecule has 0 amide bonds. The largest absolute Gasteiger partial charge is 0.310 e. The molecule has 98 valence electrons. The van der Waals surface area contributed by atoms with Crippen molar-refractivity contribution in [1.82, 2.24) is 30.3 Å². The minimum Gasteiger partial charge on any atom is -0.310 e. The summed E-state index contributed by atoms with van der Waals surface area (Å²) in [6.07, 6.45) is 2.33. The maximum atomic E-state index is 4.49. The third-order valence-corrected chi connectivity index (χ3v) is 3.99. The zero-order valence-corrected chi connectivity index (χ0v) is 12.3. The van der Waals surface area contributed by atoms with Gasteiger partial charge in [-0.25, -0.2) is 4.98 Å². The molecule has 0 aromatic carbocycles. The number of aryl methyl sites for hydroxylation is 2. The Kier molecular flexibility index (Phi) is 4.13. The average Bonchev–Trinajstić information content (AvgIpc) is 2.98. The van der Waals surface area contributed by atoms with Crippen LogP contribution in [-0.2, 0) is 13.0 Å². The van der Waals surface area contributed by atoms with Crippen LogP contribution in [0.5, 0.6) is 0 Å². The van der Waals surface area contributed by atoms with Gasteiger partial charge in [-0.3, -0.25) is 9.78 Å². The van der Waals surface area contributed by atoms with E-state index in [0.717, 1.165) is 29.0 Å². The minimum atomic E-state index is 0.102. The summed E-state index contributed by atoms with van der Waals surface area (Å²) >= 11 is 3.61. The second-order valence-electron chi connectivity index (χ2n) is 4.08. The molecule has 0 saturated carbocycles.